The molecule has 1 atom stereocenters. The van der Waals surface area contributed by atoms with Crippen LogP contribution in [0.1, 0.15) is 34.5 Å². The zero-order chi connectivity index (χ0) is 17.5. The molecule has 0 saturated carbocycles. The summed E-state index contributed by atoms with van der Waals surface area (Å²) in [6, 6.07) is 12.7. The third-order valence-corrected chi connectivity index (χ3v) is 3.50. The van der Waals surface area contributed by atoms with Crippen LogP contribution in [0.4, 0.5) is 10.1 Å². The van der Waals surface area contributed by atoms with E-state index in [1.54, 1.807) is 43.3 Å². The summed E-state index contributed by atoms with van der Waals surface area (Å²) in [5.74, 6) is -0.740. The van der Waals surface area contributed by atoms with Crippen LogP contribution in [0.3, 0.4) is 0 Å². The van der Waals surface area contributed by atoms with Gasteiger partial charge in [0, 0.05) is 23.4 Å². The van der Waals surface area contributed by atoms with Gasteiger partial charge in [-0.3, -0.25) is 4.79 Å². The Morgan fingerprint density at radius 2 is 2.12 bits per heavy atom. The molecule has 124 valence electrons. The third-order valence-electron chi connectivity index (χ3n) is 3.50. The summed E-state index contributed by atoms with van der Waals surface area (Å²) in [6.45, 7) is 1.85. The largest absolute Gasteiger partial charge is 0.395 e. The van der Waals surface area contributed by atoms with E-state index in [9.17, 15) is 9.18 Å². The minimum absolute atomic E-state index is 0.126. The van der Waals surface area contributed by atoms with Crippen molar-refractivity contribution in [3.63, 3.8) is 0 Å². The van der Waals surface area contributed by atoms with Gasteiger partial charge in [0.2, 0.25) is 0 Å². The third kappa shape index (κ3) is 4.31. The number of carbonyl (C=O) groups excluding carboxylic acids is 1. The second-order valence-corrected chi connectivity index (χ2v) is 5.27. The molecule has 0 bridgehead atoms. The highest BCUT2D eigenvalue weighted by Crippen LogP contribution is 2.23. The zero-order valence-corrected chi connectivity index (χ0v) is 13.2. The Hall–Kier alpha value is -2.91. The molecule has 0 spiro atoms. The number of hydrogen-bond acceptors (Lipinski definition) is 4. The maximum atomic E-state index is 14.1. The Balaban J connectivity index is 2.13. The molecule has 1 amide bonds. The highest BCUT2D eigenvalue weighted by atomic mass is 19.1. The number of aliphatic hydroxyl groups excluding tert-OH is 1. The number of halogens is 1. The minimum Gasteiger partial charge on any atom is -0.395 e. The van der Waals surface area contributed by atoms with Gasteiger partial charge in [0.05, 0.1) is 24.3 Å². The highest BCUT2D eigenvalue weighted by Gasteiger charge is 2.12. The van der Waals surface area contributed by atoms with Gasteiger partial charge in [-0.2, -0.15) is 5.26 Å². The average Bonchev–Trinajstić information content (AvgIpc) is 2.59. The van der Waals surface area contributed by atoms with E-state index in [1.165, 1.54) is 6.07 Å². The van der Waals surface area contributed by atoms with Crippen molar-refractivity contribution < 1.29 is 14.3 Å². The molecule has 0 saturated heterocycles. The Bertz CT molecular complexity index is 771. The number of rotatable bonds is 6. The lowest BCUT2D eigenvalue weighted by Crippen LogP contribution is -2.26. The molecular weight excluding hydrogens is 309 g/mol. The maximum Gasteiger partial charge on any atom is 0.251 e. The number of anilines is 1. The molecule has 0 aromatic heterocycles. The standard InChI is InChI=1S/C18H18FN3O2/c1-12(16-6-5-13(11-20)9-17(16)19)22-15-4-2-3-14(10-15)18(24)21-7-8-23/h2-6,9-10,12,22-23H,7-8H2,1H3,(H,21,24). The van der Waals surface area contributed by atoms with Gasteiger partial charge in [-0.15, -0.1) is 0 Å². The minimum atomic E-state index is -0.453. The van der Waals surface area contributed by atoms with Crippen molar-refractivity contribution in [3.8, 4) is 6.07 Å². The van der Waals surface area contributed by atoms with Gasteiger partial charge in [0.25, 0.3) is 5.91 Å². The SMILES string of the molecule is CC(Nc1cccc(C(=O)NCCO)c1)c1ccc(C#N)cc1F. The summed E-state index contributed by atoms with van der Waals surface area (Å²) in [6.07, 6.45) is 0. The van der Waals surface area contributed by atoms with E-state index in [0.717, 1.165) is 0 Å². The predicted molar refractivity (Wildman–Crippen MR) is 89.0 cm³/mol. The molecule has 3 N–H and O–H groups in total. The van der Waals surface area contributed by atoms with E-state index < -0.39 is 5.82 Å². The molecule has 0 aliphatic rings. The maximum absolute atomic E-state index is 14.1. The van der Waals surface area contributed by atoms with Crippen LogP contribution in [-0.4, -0.2) is 24.2 Å². The summed E-state index contributed by atoms with van der Waals surface area (Å²) in [7, 11) is 0. The first-order chi connectivity index (χ1) is 11.5. The predicted octanol–water partition coefficient (Wildman–Crippen LogP) is 2.59. The fraction of sp³-hybridized carbons (Fsp3) is 0.222. The van der Waals surface area contributed by atoms with Crippen molar-refractivity contribution in [1.82, 2.24) is 5.32 Å². The molecule has 0 aliphatic heterocycles. The number of nitriles is 1. The first kappa shape index (κ1) is 17.4. The molecule has 5 nitrogen and oxygen atoms in total. The van der Waals surface area contributed by atoms with Gasteiger partial charge in [-0.25, -0.2) is 4.39 Å². The summed E-state index contributed by atoms with van der Waals surface area (Å²) < 4.78 is 14.1. The van der Waals surface area contributed by atoms with Gasteiger partial charge in [-0.1, -0.05) is 12.1 Å². The molecule has 0 heterocycles. The monoisotopic (exact) mass is 327 g/mol. The summed E-state index contributed by atoms with van der Waals surface area (Å²) in [5.41, 5.74) is 1.82. The molecule has 0 aliphatic carbocycles. The quantitative estimate of drug-likeness (QED) is 0.761. The Labute approximate surface area is 139 Å². The molecule has 24 heavy (non-hydrogen) atoms. The Morgan fingerprint density at radius 1 is 1.33 bits per heavy atom. The van der Waals surface area contributed by atoms with E-state index in [0.29, 0.717) is 16.8 Å². The fourth-order valence-corrected chi connectivity index (χ4v) is 2.30. The number of aliphatic hydroxyl groups is 1. The van der Waals surface area contributed by atoms with Crippen LogP contribution < -0.4 is 10.6 Å². The van der Waals surface area contributed by atoms with Crippen molar-refractivity contribution in [3.05, 3.63) is 65.0 Å². The van der Waals surface area contributed by atoms with Gasteiger partial charge in [0.1, 0.15) is 5.82 Å². The molecule has 2 aromatic carbocycles. The number of hydrogen-bond donors (Lipinski definition) is 3. The van der Waals surface area contributed by atoms with Crippen molar-refractivity contribution in [1.29, 1.82) is 5.26 Å². The number of carbonyl (C=O) groups is 1. The number of amides is 1. The molecule has 0 radical (unpaired) electrons. The molecule has 1 unspecified atom stereocenters. The van der Waals surface area contributed by atoms with Crippen molar-refractivity contribution in [2.24, 2.45) is 0 Å². The van der Waals surface area contributed by atoms with Gasteiger partial charge in [-0.05, 0) is 37.3 Å². The lowest BCUT2D eigenvalue weighted by molar-refractivity contribution is 0.0945. The molecule has 2 rings (SSSR count). The van der Waals surface area contributed by atoms with Crippen molar-refractivity contribution >= 4 is 11.6 Å². The number of benzene rings is 2. The molecule has 2 aromatic rings. The van der Waals surface area contributed by atoms with E-state index in [1.807, 2.05) is 6.07 Å². The average molecular weight is 327 g/mol. The van der Waals surface area contributed by atoms with E-state index in [2.05, 4.69) is 10.6 Å². The lowest BCUT2D eigenvalue weighted by Gasteiger charge is -2.17. The molecule has 0 fully saturated rings. The van der Waals surface area contributed by atoms with Crippen molar-refractivity contribution in [2.75, 3.05) is 18.5 Å². The van der Waals surface area contributed by atoms with Crippen LogP contribution in [0.2, 0.25) is 0 Å². The van der Waals surface area contributed by atoms with Crippen LogP contribution in [0.15, 0.2) is 42.5 Å². The first-order valence-electron chi connectivity index (χ1n) is 7.50. The van der Waals surface area contributed by atoms with Crippen LogP contribution in [0.5, 0.6) is 0 Å². The van der Waals surface area contributed by atoms with Crippen LogP contribution in [-0.2, 0) is 0 Å². The van der Waals surface area contributed by atoms with E-state index >= 15 is 0 Å². The molecule has 6 heteroatoms. The second-order valence-electron chi connectivity index (χ2n) is 5.27. The van der Waals surface area contributed by atoms with Crippen LogP contribution in [0, 0.1) is 17.1 Å². The van der Waals surface area contributed by atoms with E-state index in [4.69, 9.17) is 10.4 Å². The summed E-state index contributed by atoms with van der Waals surface area (Å²) >= 11 is 0. The zero-order valence-electron chi connectivity index (χ0n) is 13.2. The van der Waals surface area contributed by atoms with E-state index in [-0.39, 0.29) is 30.7 Å². The summed E-state index contributed by atoms with van der Waals surface area (Å²) in [5, 5.41) is 23.2. The molecular formula is C18H18FN3O2. The Kier molecular flexibility index (Phi) is 5.88. The summed E-state index contributed by atoms with van der Waals surface area (Å²) in [4.78, 5) is 11.9. The van der Waals surface area contributed by atoms with Crippen molar-refractivity contribution in [2.45, 2.75) is 13.0 Å². The van der Waals surface area contributed by atoms with Gasteiger partial charge < -0.3 is 15.7 Å². The Morgan fingerprint density at radius 3 is 2.79 bits per heavy atom. The fourth-order valence-electron chi connectivity index (χ4n) is 2.30. The number of nitrogens with zero attached hydrogens (tertiary/aromatic N) is 1. The smallest absolute Gasteiger partial charge is 0.251 e. The second kappa shape index (κ2) is 8.09. The van der Waals surface area contributed by atoms with Crippen LogP contribution in [0.25, 0.3) is 0 Å². The number of nitrogens with one attached hydrogen (secondary N) is 2. The topological polar surface area (TPSA) is 85.2 Å². The highest BCUT2D eigenvalue weighted by molar-refractivity contribution is 5.95. The lowest BCUT2D eigenvalue weighted by atomic mass is 10.0. The van der Waals surface area contributed by atoms with Crippen LogP contribution >= 0.6 is 0 Å². The normalized spacial score (nSPS) is 11.4. The van der Waals surface area contributed by atoms with Gasteiger partial charge in [0.15, 0.2) is 0 Å². The first-order valence-corrected chi connectivity index (χ1v) is 7.50. The van der Waals surface area contributed by atoms with Gasteiger partial charge >= 0.3 is 0 Å².